The largest absolute Gasteiger partial charge is 0.243 e. The normalized spacial score (nSPS) is 12.6. The molecule has 0 radical (unpaired) electrons. The van der Waals surface area contributed by atoms with E-state index in [0.717, 1.165) is 22.4 Å². The summed E-state index contributed by atoms with van der Waals surface area (Å²) >= 11 is 0. The first kappa shape index (κ1) is 20.0. The number of hydrogen-bond acceptors (Lipinski definition) is 4. The van der Waals surface area contributed by atoms with Gasteiger partial charge in [-0.1, -0.05) is 83.6 Å². The molecule has 1 N–H and O–H groups in total. The Morgan fingerprint density at radius 1 is 0.900 bits per heavy atom. The van der Waals surface area contributed by atoms with Crippen LogP contribution in [0, 0.1) is 6.92 Å². The highest BCUT2D eigenvalue weighted by atomic mass is 32.2. The summed E-state index contributed by atoms with van der Waals surface area (Å²) in [6, 6.07) is 25.9. The third-order valence-electron chi connectivity index (χ3n) is 4.88. The average Bonchev–Trinajstić information content (AvgIpc) is 3.25. The van der Waals surface area contributed by atoms with E-state index in [1.165, 1.54) is 0 Å². The summed E-state index contributed by atoms with van der Waals surface area (Å²) in [5, 5.41) is 8.57. The summed E-state index contributed by atoms with van der Waals surface area (Å²) in [6.45, 7) is 2.07. The quantitative estimate of drug-likeness (QED) is 0.495. The molecule has 1 unspecified atom stereocenters. The highest BCUT2D eigenvalue weighted by molar-refractivity contribution is 7.89. The maximum absolute atomic E-state index is 12.8. The van der Waals surface area contributed by atoms with Crippen molar-refractivity contribution < 1.29 is 8.42 Å². The number of benzene rings is 3. The fraction of sp³-hybridized carbons (Fsp3) is 0.130. The first-order valence-electron chi connectivity index (χ1n) is 9.61. The van der Waals surface area contributed by atoms with Crippen molar-refractivity contribution in [3.8, 4) is 11.3 Å². The highest BCUT2D eigenvalue weighted by Gasteiger charge is 2.21. The molecular formula is C23H22N4O2S. The van der Waals surface area contributed by atoms with Crippen molar-refractivity contribution in [1.29, 1.82) is 0 Å². The second-order valence-corrected chi connectivity index (χ2v) is 8.81. The van der Waals surface area contributed by atoms with Crippen LogP contribution in [0.1, 0.15) is 17.2 Å². The van der Waals surface area contributed by atoms with E-state index in [4.69, 9.17) is 0 Å². The topological polar surface area (TPSA) is 76.9 Å². The molecule has 6 nitrogen and oxygen atoms in total. The van der Waals surface area contributed by atoms with Crippen LogP contribution >= 0.6 is 0 Å². The third-order valence-corrected chi connectivity index (χ3v) is 6.32. The van der Waals surface area contributed by atoms with E-state index < -0.39 is 10.0 Å². The van der Waals surface area contributed by atoms with Crippen LogP contribution in [0.25, 0.3) is 11.3 Å². The summed E-state index contributed by atoms with van der Waals surface area (Å²) in [6.07, 6.45) is 1.84. The minimum Gasteiger partial charge on any atom is -0.243 e. The Balaban J connectivity index is 1.62. The maximum Gasteiger partial charge on any atom is 0.240 e. The molecule has 3 aromatic carbocycles. The number of sulfonamides is 1. The summed E-state index contributed by atoms with van der Waals surface area (Å²) < 4.78 is 30.0. The first-order valence-corrected chi connectivity index (χ1v) is 11.1. The van der Waals surface area contributed by atoms with Gasteiger partial charge in [0.2, 0.25) is 10.0 Å². The van der Waals surface area contributed by atoms with Gasteiger partial charge in [0.25, 0.3) is 0 Å². The van der Waals surface area contributed by atoms with Gasteiger partial charge < -0.3 is 0 Å². The Bertz CT molecular complexity index is 1210. The van der Waals surface area contributed by atoms with E-state index in [-0.39, 0.29) is 17.5 Å². The zero-order valence-corrected chi connectivity index (χ0v) is 17.3. The van der Waals surface area contributed by atoms with Gasteiger partial charge in [-0.05, 0) is 24.6 Å². The standard InChI is InChI=1S/C23H22N4O2S/c1-18-12-14-21(15-13-18)30(28,29)24-16-23(20-10-6-3-7-11-20)27-17-22(25-26-27)19-8-4-2-5-9-19/h2-15,17,23-24H,16H2,1H3. The van der Waals surface area contributed by atoms with Gasteiger partial charge >= 0.3 is 0 Å². The minimum atomic E-state index is -3.64. The molecule has 30 heavy (non-hydrogen) atoms. The predicted molar refractivity (Wildman–Crippen MR) is 116 cm³/mol. The molecule has 4 aromatic rings. The lowest BCUT2D eigenvalue weighted by molar-refractivity contribution is 0.492. The lowest BCUT2D eigenvalue weighted by atomic mass is 10.1. The Morgan fingerprint density at radius 2 is 1.53 bits per heavy atom. The van der Waals surface area contributed by atoms with Crippen LogP contribution in [-0.4, -0.2) is 30.0 Å². The maximum atomic E-state index is 12.8. The molecule has 0 aliphatic carbocycles. The molecule has 0 saturated carbocycles. The molecule has 0 amide bonds. The lowest BCUT2D eigenvalue weighted by Gasteiger charge is -2.18. The van der Waals surface area contributed by atoms with Crippen molar-refractivity contribution in [3.05, 3.63) is 102 Å². The lowest BCUT2D eigenvalue weighted by Crippen LogP contribution is -2.31. The molecule has 0 saturated heterocycles. The van der Waals surface area contributed by atoms with Gasteiger partial charge in [0.1, 0.15) is 5.69 Å². The molecule has 1 atom stereocenters. The Labute approximate surface area is 176 Å². The first-order chi connectivity index (χ1) is 14.5. The molecule has 1 aromatic heterocycles. The minimum absolute atomic E-state index is 0.151. The van der Waals surface area contributed by atoms with Crippen molar-refractivity contribution in [1.82, 2.24) is 19.7 Å². The Kier molecular flexibility index (Phi) is 5.74. The molecule has 152 valence electrons. The fourth-order valence-electron chi connectivity index (χ4n) is 3.20. The number of nitrogens with one attached hydrogen (secondary N) is 1. The molecule has 1 heterocycles. The van der Waals surface area contributed by atoms with Crippen LogP contribution in [0.4, 0.5) is 0 Å². The Morgan fingerprint density at radius 3 is 2.20 bits per heavy atom. The van der Waals surface area contributed by atoms with Crippen molar-refractivity contribution >= 4 is 10.0 Å². The zero-order valence-electron chi connectivity index (χ0n) is 16.5. The molecule has 7 heteroatoms. The molecule has 0 spiro atoms. The van der Waals surface area contributed by atoms with E-state index in [2.05, 4.69) is 15.0 Å². The van der Waals surface area contributed by atoms with Crippen molar-refractivity contribution in [2.24, 2.45) is 0 Å². The van der Waals surface area contributed by atoms with Crippen LogP contribution in [-0.2, 0) is 10.0 Å². The second-order valence-electron chi connectivity index (χ2n) is 7.04. The van der Waals surface area contributed by atoms with Gasteiger partial charge in [-0.2, -0.15) is 0 Å². The summed E-state index contributed by atoms with van der Waals surface area (Å²) in [5.41, 5.74) is 3.63. The molecule has 4 rings (SSSR count). The van der Waals surface area contributed by atoms with E-state index in [0.29, 0.717) is 0 Å². The fourth-order valence-corrected chi connectivity index (χ4v) is 4.24. The van der Waals surface area contributed by atoms with Gasteiger partial charge in [0.15, 0.2) is 0 Å². The monoisotopic (exact) mass is 418 g/mol. The molecule has 0 bridgehead atoms. The SMILES string of the molecule is Cc1ccc(S(=O)(=O)NCC(c2ccccc2)n2cc(-c3ccccc3)nn2)cc1. The van der Waals surface area contributed by atoms with Crippen LogP contribution < -0.4 is 4.72 Å². The summed E-state index contributed by atoms with van der Waals surface area (Å²) in [4.78, 5) is 0.239. The number of aryl methyl sites for hydroxylation is 1. The number of nitrogens with zero attached hydrogens (tertiary/aromatic N) is 3. The van der Waals surface area contributed by atoms with Crippen molar-refractivity contribution in [2.45, 2.75) is 17.9 Å². The average molecular weight is 419 g/mol. The van der Waals surface area contributed by atoms with Crippen LogP contribution in [0.3, 0.4) is 0 Å². The van der Waals surface area contributed by atoms with E-state index >= 15 is 0 Å². The predicted octanol–water partition coefficient (Wildman–Crippen LogP) is 3.82. The smallest absolute Gasteiger partial charge is 0.240 e. The van der Waals surface area contributed by atoms with Crippen LogP contribution in [0.5, 0.6) is 0 Å². The van der Waals surface area contributed by atoms with Gasteiger partial charge in [0, 0.05) is 12.1 Å². The molecule has 0 aliphatic heterocycles. The van der Waals surface area contributed by atoms with Crippen molar-refractivity contribution in [3.63, 3.8) is 0 Å². The van der Waals surface area contributed by atoms with Gasteiger partial charge in [-0.3, -0.25) is 0 Å². The number of hydrogen-bond donors (Lipinski definition) is 1. The van der Waals surface area contributed by atoms with Crippen LogP contribution in [0.2, 0.25) is 0 Å². The van der Waals surface area contributed by atoms with E-state index in [9.17, 15) is 8.42 Å². The zero-order chi connectivity index (χ0) is 21.0. The van der Waals surface area contributed by atoms with E-state index in [1.54, 1.807) is 28.9 Å². The number of aromatic nitrogens is 3. The summed E-state index contributed by atoms with van der Waals surface area (Å²) in [5.74, 6) is 0. The van der Waals surface area contributed by atoms with Crippen LogP contribution in [0.15, 0.2) is 96.0 Å². The highest BCUT2D eigenvalue weighted by Crippen LogP contribution is 2.22. The molecular weight excluding hydrogens is 396 g/mol. The Hall–Kier alpha value is -3.29. The van der Waals surface area contributed by atoms with Crippen molar-refractivity contribution in [2.75, 3.05) is 6.54 Å². The number of rotatable bonds is 7. The summed E-state index contributed by atoms with van der Waals surface area (Å²) in [7, 11) is -3.64. The van der Waals surface area contributed by atoms with Gasteiger partial charge in [0.05, 0.1) is 17.1 Å². The molecule has 0 aliphatic rings. The van der Waals surface area contributed by atoms with E-state index in [1.807, 2.05) is 73.8 Å². The van der Waals surface area contributed by atoms with Gasteiger partial charge in [-0.25, -0.2) is 17.8 Å². The molecule has 0 fully saturated rings. The third kappa shape index (κ3) is 4.48. The van der Waals surface area contributed by atoms with Gasteiger partial charge in [-0.15, -0.1) is 5.10 Å². The second kappa shape index (κ2) is 8.61.